The van der Waals surface area contributed by atoms with Gasteiger partial charge in [0.25, 0.3) is 0 Å². The average molecular weight is 342 g/mol. The largest absolute Gasteiger partial charge is 0.369 e. The van der Waals surface area contributed by atoms with Crippen LogP contribution in [0.4, 0.5) is 14.6 Å². The second-order valence-corrected chi connectivity index (χ2v) is 5.17. The smallest absolute Gasteiger partial charge is 0.162 e. The summed E-state index contributed by atoms with van der Waals surface area (Å²) < 4.78 is 27.3. The van der Waals surface area contributed by atoms with E-state index in [0.29, 0.717) is 22.9 Å². The molecule has 0 saturated heterocycles. The number of aromatic nitrogens is 2. The molecule has 0 saturated carbocycles. The predicted molar refractivity (Wildman–Crippen MR) is 78.6 cm³/mol. The van der Waals surface area contributed by atoms with Gasteiger partial charge in [0.05, 0.1) is 10.2 Å². The molecule has 0 spiro atoms. The number of halogens is 3. The molecular weight excluding hydrogens is 328 g/mol. The molecular formula is C14H14BrF2N3. The summed E-state index contributed by atoms with van der Waals surface area (Å²) in [4.78, 5) is 8.58. The lowest BCUT2D eigenvalue weighted by Crippen LogP contribution is -2.06. The molecule has 0 aliphatic rings. The highest BCUT2D eigenvalue weighted by molar-refractivity contribution is 9.10. The quantitative estimate of drug-likeness (QED) is 0.900. The molecule has 2 aromatic rings. The van der Waals surface area contributed by atoms with E-state index in [0.717, 1.165) is 23.5 Å². The molecule has 1 aromatic carbocycles. The lowest BCUT2D eigenvalue weighted by atomic mass is 10.2. The van der Waals surface area contributed by atoms with Crippen LogP contribution in [0.25, 0.3) is 11.4 Å². The standard InChI is InChI=1S/C14H14BrF2N3/c1-3-4-18-14-12(15)8(2)19-13(20-14)9-5-10(16)7-11(17)6-9/h5-7H,3-4H2,1-2H3,(H,18,19,20). The first kappa shape index (κ1) is 14.8. The number of anilines is 1. The van der Waals surface area contributed by atoms with Gasteiger partial charge in [-0.1, -0.05) is 6.92 Å². The first-order valence-corrected chi connectivity index (χ1v) is 7.05. The van der Waals surface area contributed by atoms with E-state index in [4.69, 9.17) is 0 Å². The third kappa shape index (κ3) is 3.30. The fourth-order valence-electron chi connectivity index (χ4n) is 1.73. The summed E-state index contributed by atoms with van der Waals surface area (Å²) in [6.07, 6.45) is 0.944. The van der Waals surface area contributed by atoms with Crippen molar-refractivity contribution < 1.29 is 8.78 Å². The van der Waals surface area contributed by atoms with Crippen molar-refractivity contribution in [1.29, 1.82) is 0 Å². The third-order valence-electron chi connectivity index (χ3n) is 2.68. The SMILES string of the molecule is CCCNc1nc(-c2cc(F)cc(F)c2)nc(C)c1Br. The highest BCUT2D eigenvalue weighted by atomic mass is 79.9. The van der Waals surface area contributed by atoms with Crippen LogP contribution < -0.4 is 5.32 Å². The minimum Gasteiger partial charge on any atom is -0.369 e. The zero-order valence-electron chi connectivity index (χ0n) is 11.2. The molecule has 3 nitrogen and oxygen atoms in total. The average Bonchev–Trinajstić information content (AvgIpc) is 2.39. The first-order valence-electron chi connectivity index (χ1n) is 6.25. The molecule has 0 aliphatic heterocycles. The van der Waals surface area contributed by atoms with Gasteiger partial charge < -0.3 is 5.32 Å². The van der Waals surface area contributed by atoms with Gasteiger partial charge in [0.1, 0.15) is 17.5 Å². The number of hydrogen-bond donors (Lipinski definition) is 1. The van der Waals surface area contributed by atoms with Crippen molar-refractivity contribution in [1.82, 2.24) is 9.97 Å². The van der Waals surface area contributed by atoms with E-state index >= 15 is 0 Å². The summed E-state index contributed by atoms with van der Waals surface area (Å²) in [5.74, 6) is -0.374. The van der Waals surface area contributed by atoms with Crippen LogP contribution in [0.15, 0.2) is 22.7 Å². The van der Waals surface area contributed by atoms with Crippen LogP contribution >= 0.6 is 15.9 Å². The maximum Gasteiger partial charge on any atom is 0.162 e. The number of nitrogens with zero attached hydrogens (tertiary/aromatic N) is 2. The van der Waals surface area contributed by atoms with E-state index in [1.54, 1.807) is 0 Å². The van der Waals surface area contributed by atoms with E-state index in [9.17, 15) is 8.78 Å². The van der Waals surface area contributed by atoms with Crippen LogP contribution in [0.1, 0.15) is 19.0 Å². The van der Waals surface area contributed by atoms with Gasteiger partial charge in [0.2, 0.25) is 0 Å². The highest BCUT2D eigenvalue weighted by Crippen LogP contribution is 2.27. The van der Waals surface area contributed by atoms with Gasteiger partial charge in [-0.15, -0.1) is 0 Å². The summed E-state index contributed by atoms with van der Waals surface area (Å²) in [6, 6.07) is 3.26. The van der Waals surface area contributed by atoms with Gasteiger partial charge >= 0.3 is 0 Å². The number of nitrogens with one attached hydrogen (secondary N) is 1. The van der Waals surface area contributed by atoms with Crippen molar-refractivity contribution in [2.75, 3.05) is 11.9 Å². The second-order valence-electron chi connectivity index (χ2n) is 4.38. The van der Waals surface area contributed by atoms with Crippen LogP contribution in [0, 0.1) is 18.6 Å². The molecule has 6 heteroatoms. The summed E-state index contributed by atoms with van der Waals surface area (Å²) in [5.41, 5.74) is 1.02. The lowest BCUT2D eigenvalue weighted by molar-refractivity contribution is 0.584. The second kappa shape index (κ2) is 6.26. The third-order valence-corrected chi connectivity index (χ3v) is 3.63. The fraction of sp³-hybridized carbons (Fsp3) is 0.286. The van der Waals surface area contributed by atoms with Crippen molar-refractivity contribution >= 4 is 21.7 Å². The lowest BCUT2D eigenvalue weighted by Gasteiger charge is -2.11. The van der Waals surface area contributed by atoms with Crippen LogP contribution in [0.2, 0.25) is 0 Å². The molecule has 106 valence electrons. The van der Waals surface area contributed by atoms with E-state index in [1.165, 1.54) is 12.1 Å². The zero-order valence-corrected chi connectivity index (χ0v) is 12.8. The molecule has 0 aliphatic carbocycles. The molecule has 0 fully saturated rings. The molecule has 0 unspecified atom stereocenters. The molecule has 0 atom stereocenters. The number of hydrogen-bond acceptors (Lipinski definition) is 3. The maximum atomic E-state index is 13.3. The minimum atomic E-state index is -0.646. The van der Waals surface area contributed by atoms with Crippen molar-refractivity contribution in [3.8, 4) is 11.4 Å². The van der Waals surface area contributed by atoms with Crippen LogP contribution in [0.3, 0.4) is 0 Å². The van der Waals surface area contributed by atoms with Gasteiger partial charge in [-0.2, -0.15) is 0 Å². The summed E-state index contributed by atoms with van der Waals surface area (Å²) >= 11 is 3.41. The Morgan fingerprint density at radius 2 is 1.80 bits per heavy atom. The van der Waals surface area contributed by atoms with Crippen molar-refractivity contribution in [2.24, 2.45) is 0 Å². The molecule has 0 radical (unpaired) electrons. The Labute approximate surface area is 124 Å². The Hall–Kier alpha value is -1.56. The van der Waals surface area contributed by atoms with Gasteiger partial charge in [-0.25, -0.2) is 18.7 Å². The minimum absolute atomic E-state index is 0.294. The monoisotopic (exact) mass is 341 g/mol. The number of benzene rings is 1. The Bertz CT molecular complexity index is 612. The molecule has 2 rings (SSSR count). The van der Waals surface area contributed by atoms with Gasteiger partial charge in [0, 0.05) is 18.2 Å². The van der Waals surface area contributed by atoms with Crippen molar-refractivity contribution in [3.05, 3.63) is 40.0 Å². The van der Waals surface area contributed by atoms with Crippen LogP contribution in [0.5, 0.6) is 0 Å². The molecule has 1 N–H and O–H groups in total. The van der Waals surface area contributed by atoms with Crippen molar-refractivity contribution in [3.63, 3.8) is 0 Å². The molecule has 20 heavy (non-hydrogen) atoms. The summed E-state index contributed by atoms with van der Waals surface area (Å²) in [5, 5.41) is 3.16. The molecule has 0 bridgehead atoms. The number of aryl methyl sites for hydroxylation is 1. The topological polar surface area (TPSA) is 37.8 Å². The van der Waals surface area contributed by atoms with E-state index in [1.807, 2.05) is 13.8 Å². The van der Waals surface area contributed by atoms with Gasteiger partial charge in [0.15, 0.2) is 5.82 Å². The summed E-state index contributed by atoms with van der Waals surface area (Å²) in [7, 11) is 0. The Morgan fingerprint density at radius 3 is 2.40 bits per heavy atom. The molecule has 1 aromatic heterocycles. The van der Waals surface area contributed by atoms with Gasteiger partial charge in [-0.3, -0.25) is 0 Å². The van der Waals surface area contributed by atoms with E-state index < -0.39 is 11.6 Å². The number of rotatable bonds is 4. The highest BCUT2D eigenvalue weighted by Gasteiger charge is 2.12. The summed E-state index contributed by atoms with van der Waals surface area (Å²) in [6.45, 7) is 4.60. The Kier molecular flexibility index (Phi) is 4.65. The Balaban J connectivity index is 2.48. The normalized spacial score (nSPS) is 10.7. The van der Waals surface area contributed by atoms with Crippen molar-refractivity contribution in [2.45, 2.75) is 20.3 Å². The van der Waals surface area contributed by atoms with E-state index in [-0.39, 0.29) is 0 Å². The Morgan fingerprint density at radius 1 is 1.15 bits per heavy atom. The first-order chi connectivity index (χ1) is 9.51. The predicted octanol–water partition coefficient (Wildman–Crippen LogP) is 4.31. The fourth-order valence-corrected chi connectivity index (χ4v) is 2.05. The molecule has 0 amide bonds. The van der Waals surface area contributed by atoms with Crippen LogP contribution in [-0.4, -0.2) is 16.5 Å². The zero-order chi connectivity index (χ0) is 14.7. The van der Waals surface area contributed by atoms with E-state index in [2.05, 4.69) is 31.2 Å². The maximum absolute atomic E-state index is 13.3. The van der Waals surface area contributed by atoms with Crippen LogP contribution in [-0.2, 0) is 0 Å². The molecule has 1 heterocycles. The van der Waals surface area contributed by atoms with Gasteiger partial charge in [-0.05, 0) is 41.4 Å².